The van der Waals surface area contributed by atoms with Crippen molar-refractivity contribution in [3.63, 3.8) is 0 Å². The maximum absolute atomic E-state index is 13.8. The summed E-state index contributed by atoms with van der Waals surface area (Å²) in [6.45, 7) is 1.87. The fourth-order valence-electron chi connectivity index (χ4n) is 2.74. The predicted octanol–water partition coefficient (Wildman–Crippen LogP) is 2.37. The van der Waals surface area contributed by atoms with Crippen molar-refractivity contribution in [1.82, 2.24) is 15.5 Å². The van der Waals surface area contributed by atoms with Crippen LogP contribution >= 0.6 is 0 Å². The van der Waals surface area contributed by atoms with Gasteiger partial charge in [0.25, 0.3) is 5.91 Å². The molecule has 26 heavy (non-hydrogen) atoms. The first kappa shape index (κ1) is 17.6. The maximum atomic E-state index is 13.8. The zero-order valence-electron chi connectivity index (χ0n) is 14.2. The van der Waals surface area contributed by atoms with E-state index in [0.717, 1.165) is 10.5 Å². The van der Waals surface area contributed by atoms with Crippen molar-refractivity contribution in [1.29, 1.82) is 0 Å². The van der Waals surface area contributed by atoms with E-state index < -0.39 is 12.1 Å². The molecule has 2 aromatic rings. The first-order chi connectivity index (χ1) is 12.5. The lowest BCUT2D eigenvalue weighted by atomic mass is 10.1. The molecular weight excluding hydrogens is 337 g/mol. The molecule has 1 heterocycles. The maximum Gasteiger partial charge on any atom is 0.324 e. The minimum absolute atomic E-state index is 0.00720. The topological polar surface area (TPSA) is 78.5 Å². The Balaban J connectivity index is 1.64. The van der Waals surface area contributed by atoms with Crippen LogP contribution in [0.4, 0.5) is 9.18 Å². The molecule has 0 saturated carbocycles. The van der Waals surface area contributed by atoms with Crippen molar-refractivity contribution >= 4 is 17.8 Å². The highest BCUT2D eigenvalue weighted by Crippen LogP contribution is 2.17. The fraction of sp³-hybridized carbons (Fsp3) is 0.211. The lowest BCUT2D eigenvalue weighted by Crippen LogP contribution is -2.30. The Labute approximate surface area is 150 Å². The smallest absolute Gasteiger partial charge is 0.324 e. The van der Waals surface area contributed by atoms with Gasteiger partial charge in [-0.15, -0.1) is 0 Å². The van der Waals surface area contributed by atoms with E-state index in [2.05, 4.69) is 10.6 Å². The zero-order valence-corrected chi connectivity index (χ0v) is 14.2. The Morgan fingerprint density at radius 3 is 2.50 bits per heavy atom. The number of urea groups is 1. The Bertz CT molecular complexity index is 835. The van der Waals surface area contributed by atoms with E-state index >= 15 is 0 Å². The summed E-state index contributed by atoms with van der Waals surface area (Å²) in [4.78, 5) is 36.6. The van der Waals surface area contributed by atoms with E-state index in [0.29, 0.717) is 11.1 Å². The number of nitrogens with one attached hydrogen (secondary N) is 2. The van der Waals surface area contributed by atoms with Crippen LogP contribution in [0.5, 0.6) is 0 Å². The highest BCUT2D eigenvalue weighted by atomic mass is 19.1. The van der Waals surface area contributed by atoms with E-state index in [1.807, 2.05) is 0 Å². The number of imide groups is 1. The number of halogens is 1. The molecular formula is C19H18FN3O3. The van der Waals surface area contributed by atoms with Crippen molar-refractivity contribution in [3.8, 4) is 0 Å². The first-order valence-corrected chi connectivity index (χ1v) is 8.18. The molecule has 1 saturated heterocycles. The van der Waals surface area contributed by atoms with Crippen LogP contribution in [0.1, 0.15) is 34.5 Å². The van der Waals surface area contributed by atoms with Crippen molar-refractivity contribution in [2.24, 2.45) is 0 Å². The molecule has 1 atom stereocenters. The molecule has 2 N–H and O–H groups in total. The largest absolute Gasteiger partial charge is 0.345 e. The predicted molar refractivity (Wildman–Crippen MR) is 92.7 cm³/mol. The molecule has 134 valence electrons. The van der Waals surface area contributed by atoms with Crippen molar-refractivity contribution in [2.45, 2.75) is 19.5 Å². The number of carbonyl (C=O) groups is 3. The zero-order chi connectivity index (χ0) is 18.7. The van der Waals surface area contributed by atoms with Crippen LogP contribution in [0, 0.1) is 5.82 Å². The van der Waals surface area contributed by atoms with Crippen molar-refractivity contribution in [2.75, 3.05) is 6.54 Å². The molecule has 0 unspecified atom stereocenters. The van der Waals surface area contributed by atoms with Gasteiger partial charge in [-0.05, 0) is 30.7 Å². The second-order valence-electron chi connectivity index (χ2n) is 6.05. The summed E-state index contributed by atoms with van der Waals surface area (Å²) in [5.74, 6) is -0.984. The average Bonchev–Trinajstić information content (AvgIpc) is 2.94. The van der Waals surface area contributed by atoms with Crippen LogP contribution in [0.3, 0.4) is 0 Å². The molecule has 0 bridgehead atoms. The lowest BCUT2D eigenvalue weighted by molar-refractivity contribution is -0.125. The number of rotatable bonds is 5. The van der Waals surface area contributed by atoms with E-state index in [-0.39, 0.29) is 30.7 Å². The van der Waals surface area contributed by atoms with Gasteiger partial charge in [0, 0.05) is 11.1 Å². The second kappa shape index (κ2) is 7.35. The Morgan fingerprint density at radius 2 is 1.88 bits per heavy atom. The van der Waals surface area contributed by atoms with Gasteiger partial charge < -0.3 is 10.6 Å². The van der Waals surface area contributed by atoms with Gasteiger partial charge in [-0.1, -0.05) is 30.3 Å². The number of nitrogens with zero attached hydrogens (tertiary/aromatic N) is 1. The van der Waals surface area contributed by atoms with Crippen LogP contribution in [0.25, 0.3) is 0 Å². The Hall–Kier alpha value is -3.22. The summed E-state index contributed by atoms with van der Waals surface area (Å²) < 4.78 is 13.8. The highest BCUT2D eigenvalue weighted by molar-refractivity contribution is 6.01. The van der Waals surface area contributed by atoms with E-state index in [4.69, 9.17) is 0 Å². The third kappa shape index (κ3) is 3.72. The normalized spacial score (nSPS) is 14.9. The molecule has 7 heteroatoms. The highest BCUT2D eigenvalue weighted by Gasteiger charge is 2.28. The van der Waals surface area contributed by atoms with Crippen molar-refractivity contribution in [3.05, 3.63) is 71.0 Å². The van der Waals surface area contributed by atoms with Crippen molar-refractivity contribution < 1.29 is 18.8 Å². The fourth-order valence-corrected chi connectivity index (χ4v) is 2.74. The molecule has 3 rings (SSSR count). The molecule has 1 fully saturated rings. The van der Waals surface area contributed by atoms with Gasteiger partial charge in [-0.25, -0.2) is 9.18 Å². The van der Waals surface area contributed by atoms with Crippen LogP contribution in [0.15, 0.2) is 48.5 Å². The van der Waals surface area contributed by atoms with Gasteiger partial charge in [0.2, 0.25) is 5.91 Å². The molecule has 0 radical (unpaired) electrons. The van der Waals surface area contributed by atoms with Gasteiger partial charge in [0.15, 0.2) is 0 Å². The first-order valence-electron chi connectivity index (χ1n) is 8.18. The van der Waals surface area contributed by atoms with Gasteiger partial charge in [-0.2, -0.15) is 0 Å². The van der Waals surface area contributed by atoms with E-state index in [9.17, 15) is 18.8 Å². The lowest BCUT2D eigenvalue weighted by Gasteiger charge is -2.16. The van der Waals surface area contributed by atoms with Crippen LogP contribution in [-0.2, 0) is 11.3 Å². The van der Waals surface area contributed by atoms with Gasteiger partial charge >= 0.3 is 6.03 Å². The SMILES string of the molecule is C[C@@H](NC(=O)c1ccc(CN2C(=O)CNC2=O)cc1)c1ccccc1F. The minimum Gasteiger partial charge on any atom is -0.345 e. The number of benzene rings is 2. The summed E-state index contributed by atoms with van der Waals surface area (Å²) in [7, 11) is 0. The van der Waals surface area contributed by atoms with Gasteiger partial charge in [0.05, 0.1) is 19.1 Å². The number of amides is 4. The molecule has 1 aliphatic heterocycles. The molecule has 4 amide bonds. The van der Waals surface area contributed by atoms with Crippen LogP contribution in [0.2, 0.25) is 0 Å². The average molecular weight is 355 g/mol. The summed E-state index contributed by atoms with van der Waals surface area (Å²) in [5.41, 5.74) is 1.55. The molecule has 1 aliphatic rings. The summed E-state index contributed by atoms with van der Waals surface area (Å²) in [6, 6.07) is 12.0. The molecule has 6 nitrogen and oxygen atoms in total. The van der Waals surface area contributed by atoms with E-state index in [1.165, 1.54) is 6.07 Å². The molecule has 2 aromatic carbocycles. The van der Waals surface area contributed by atoms with Gasteiger partial charge in [0.1, 0.15) is 5.82 Å². The van der Waals surface area contributed by atoms with Crippen LogP contribution in [-0.4, -0.2) is 29.3 Å². The molecule has 0 spiro atoms. The molecule has 0 aromatic heterocycles. The Morgan fingerprint density at radius 1 is 1.19 bits per heavy atom. The number of hydrogen-bond acceptors (Lipinski definition) is 3. The van der Waals surface area contributed by atoms with E-state index in [1.54, 1.807) is 49.4 Å². The standard InChI is InChI=1S/C19H18FN3O3/c1-12(15-4-2-3-5-16(15)20)22-18(25)14-8-6-13(7-9-14)11-23-17(24)10-21-19(23)26/h2-9,12H,10-11H2,1H3,(H,21,26)(H,22,25)/t12-/m1/s1. The number of hydrogen-bond donors (Lipinski definition) is 2. The second-order valence-corrected chi connectivity index (χ2v) is 6.05. The third-order valence-electron chi connectivity index (χ3n) is 4.21. The summed E-state index contributed by atoms with van der Waals surface area (Å²) in [6.07, 6.45) is 0. The van der Waals surface area contributed by atoms with Gasteiger partial charge in [-0.3, -0.25) is 14.5 Å². The Kier molecular flexibility index (Phi) is 4.97. The minimum atomic E-state index is -0.478. The monoisotopic (exact) mass is 355 g/mol. The molecule has 0 aliphatic carbocycles. The third-order valence-corrected chi connectivity index (χ3v) is 4.21. The summed E-state index contributed by atoms with van der Waals surface area (Å²) in [5, 5.41) is 5.21. The van der Waals surface area contributed by atoms with Crippen LogP contribution < -0.4 is 10.6 Å². The number of carbonyl (C=O) groups excluding carboxylic acids is 3. The summed E-state index contributed by atoms with van der Waals surface area (Å²) >= 11 is 0. The quantitative estimate of drug-likeness (QED) is 0.808.